The van der Waals surface area contributed by atoms with Gasteiger partial charge in [0.25, 0.3) is 0 Å². The van der Waals surface area contributed by atoms with Crippen LogP contribution < -0.4 is 17.0 Å². The Bertz CT molecular complexity index is 91.6. The molecule has 0 radical (unpaired) electrons. The normalized spacial score (nSPS) is 22.2. The molecular weight excluding hydrogens is 213 g/mol. The van der Waals surface area contributed by atoms with Gasteiger partial charge in [-0.25, -0.2) is 0 Å². The van der Waals surface area contributed by atoms with E-state index < -0.39 is 0 Å². The molecule has 0 saturated carbocycles. The molecule has 0 aromatic rings. The monoisotopic (exact) mass is 227 g/mol. The van der Waals surface area contributed by atoms with Crippen molar-refractivity contribution >= 4 is 11.6 Å². The summed E-state index contributed by atoms with van der Waals surface area (Å²) in [6.45, 7) is 3.83. The molecule has 1 aliphatic heterocycles. The average molecular weight is 229 g/mol. The van der Waals surface area contributed by atoms with Crippen LogP contribution in [0.1, 0.15) is 12.8 Å². The van der Waals surface area contributed by atoms with E-state index in [4.69, 9.17) is 11.6 Å². The lowest BCUT2D eigenvalue weighted by atomic mass is 10.4. The van der Waals surface area contributed by atoms with Gasteiger partial charge in [-0.15, -0.1) is 11.6 Å². The van der Waals surface area contributed by atoms with Gasteiger partial charge in [0.2, 0.25) is 0 Å². The summed E-state index contributed by atoms with van der Waals surface area (Å²) in [5.74, 6) is 0.816. The van der Waals surface area contributed by atoms with E-state index in [9.17, 15) is 0 Å². The Hall–Kier alpha value is 0.730. The highest BCUT2D eigenvalue weighted by molar-refractivity contribution is 6.17. The summed E-state index contributed by atoms with van der Waals surface area (Å²) in [4.78, 5) is 0. The first-order valence-corrected chi connectivity index (χ1v) is 4.20. The van der Waals surface area contributed by atoms with Gasteiger partial charge in [0.15, 0.2) is 0 Å². The molecule has 1 aliphatic rings. The zero-order chi connectivity index (χ0) is 6.74. The Morgan fingerprint density at radius 2 is 1.80 bits per heavy atom. The van der Waals surface area contributed by atoms with Crippen LogP contribution in [0.3, 0.4) is 0 Å². The van der Waals surface area contributed by atoms with Crippen LogP contribution in [0.5, 0.6) is 0 Å². The van der Waals surface area contributed by atoms with Gasteiger partial charge in [-0.3, -0.25) is 0 Å². The molecule has 1 heterocycles. The van der Waals surface area contributed by atoms with Crippen LogP contribution in [-0.2, 0) is 0 Å². The van der Waals surface area contributed by atoms with Crippen molar-refractivity contribution in [3.05, 3.63) is 0 Å². The van der Waals surface area contributed by atoms with Crippen LogP contribution in [-0.4, -0.2) is 37.0 Å². The zero-order valence-electron chi connectivity index (χ0n) is 6.45. The minimum absolute atomic E-state index is 0. The van der Waals surface area contributed by atoms with Gasteiger partial charge in [0.05, 0.1) is 32.6 Å². The molecule has 1 fully saturated rings. The Morgan fingerprint density at radius 1 is 1.30 bits per heavy atom. The molecule has 0 bridgehead atoms. The Morgan fingerprint density at radius 3 is 2.20 bits per heavy atom. The molecule has 0 atom stereocenters. The molecule has 0 amide bonds. The summed E-state index contributed by atoms with van der Waals surface area (Å²) in [5, 5.41) is 0. The maximum Gasteiger partial charge on any atom is 0.0922 e. The van der Waals surface area contributed by atoms with E-state index >= 15 is 0 Å². The first kappa shape index (κ1) is 10.7. The van der Waals surface area contributed by atoms with Gasteiger partial charge in [-0.05, 0) is 0 Å². The average Bonchev–Trinajstić information content (AvgIpc) is 2.16. The van der Waals surface area contributed by atoms with Crippen molar-refractivity contribution in [3.8, 4) is 0 Å². The maximum atomic E-state index is 5.66. The van der Waals surface area contributed by atoms with E-state index in [1.165, 1.54) is 30.4 Å². The fourth-order valence-corrected chi connectivity index (χ4v) is 1.93. The molecule has 1 nitrogen and oxygen atoms in total. The van der Waals surface area contributed by atoms with Crippen LogP contribution in [0.2, 0.25) is 0 Å². The minimum Gasteiger partial charge on any atom is -1.00 e. The number of quaternary nitrogens is 1. The summed E-state index contributed by atoms with van der Waals surface area (Å²) < 4.78 is 1.21. The molecular formula is C7H15BrClN. The van der Waals surface area contributed by atoms with E-state index in [-0.39, 0.29) is 17.0 Å². The van der Waals surface area contributed by atoms with Crippen molar-refractivity contribution in [2.75, 3.05) is 32.6 Å². The molecule has 0 N–H and O–H groups in total. The smallest absolute Gasteiger partial charge is 0.0922 e. The highest BCUT2D eigenvalue weighted by Crippen LogP contribution is 2.15. The third-order valence-corrected chi connectivity index (χ3v) is 2.44. The van der Waals surface area contributed by atoms with Gasteiger partial charge in [0.1, 0.15) is 0 Å². The van der Waals surface area contributed by atoms with Gasteiger partial charge in [-0.2, -0.15) is 0 Å². The molecule has 3 heteroatoms. The second-order valence-electron chi connectivity index (χ2n) is 3.19. The van der Waals surface area contributed by atoms with Crippen LogP contribution in [0.4, 0.5) is 0 Å². The highest BCUT2D eigenvalue weighted by atomic mass is 79.9. The van der Waals surface area contributed by atoms with Crippen LogP contribution in [0.15, 0.2) is 0 Å². The lowest BCUT2D eigenvalue weighted by molar-refractivity contribution is -0.895. The molecule has 0 aromatic heterocycles. The molecule has 62 valence electrons. The highest BCUT2D eigenvalue weighted by Gasteiger charge is 2.25. The van der Waals surface area contributed by atoms with Gasteiger partial charge in [0, 0.05) is 12.8 Å². The molecule has 1 saturated heterocycles. The Balaban J connectivity index is 0.000000810. The van der Waals surface area contributed by atoms with Gasteiger partial charge in [-0.1, -0.05) is 0 Å². The van der Waals surface area contributed by atoms with Crippen molar-refractivity contribution in [2.24, 2.45) is 0 Å². The molecule has 0 aliphatic carbocycles. The Labute approximate surface area is 78.7 Å². The first-order valence-electron chi connectivity index (χ1n) is 3.66. The van der Waals surface area contributed by atoms with E-state index in [0.717, 1.165) is 12.4 Å². The van der Waals surface area contributed by atoms with Crippen LogP contribution in [0.25, 0.3) is 0 Å². The Kier molecular flexibility index (Phi) is 4.91. The van der Waals surface area contributed by atoms with Crippen molar-refractivity contribution in [3.63, 3.8) is 0 Å². The number of nitrogens with zero attached hydrogens (tertiary/aromatic N) is 1. The minimum atomic E-state index is 0. The molecule has 0 unspecified atom stereocenters. The van der Waals surface area contributed by atoms with Crippen molar-refractivity contribution < 1.29 is 21.5 Å². The standard InChI is InChI=1S/C7H15ClN.BrH/c1-9(7-4-8)5-2-3-6-9;/h2-7H2,1H3;1H/q+1;/p-1. The first-order chi connectivity index (χ1) is 4.27. The third-order valence-electron chi connectivity index (χ3n) is 2.27. The van der Waals surface area contributed by atoms with Crippen LogP contribution >= 0.6 is 11.6 Å². The number of hydrogen-bond donors (Lipinski definition) is 0. The van der Waals surface area contributed by atoms with E-state index in [2.05, 4.69) is 7.05 Å². The quantitative estimate of drug-likeness (QED) is 0.397. The predicted octanol–water partition coefficient (Wildman–Crippen LogP) is -1.53. The summed E-state index contributed by atoms with van der Waals surface area (Å²) >= 11 is 5.66. The van der Waals surface area contributed by atoms with E-state index in [1.54, 1.807) is 0 Å². The second-order valence-corrected chi connectivity index (χ2v) is 3.56. The third kappa shape index (κ3) is 2.77. The fourth-order valence-electron chi connectivity index (χ4n) is 1.53. The molecule has 0 spiro atoms. The zero-order valence-corrected chi connectivity index (χ0v) is 8.79. The van der Waals surface area contributed by atoms with E-state index in [1.807, 2.05) is 0 Å². The molecule has 1 rings (SSSR count). The van der Waals surface area contributed by atoms with E-state index in [0.29, 0.717) is 0 Å². The van der Waals surface area contributed by atoms with Crippen molar-refractivity contribution in [1.29, 1.82) is 0 Å². The summed E-state index contributed by atoms with van der Waals surface area (Å²) in [5.41, 5.74) is 0. The van der Waals surface area contributed by atoms with Crippen LogP contribution in [0, 0.1) is 0 Å². The predicted molar refractivity (Wildman–Crippen MR) is 40.7 cm³/mol. The largest absolute Gasteiger partial charge is 1.00 e. The van der Waals surface area contributed by atoms with Gasteiger partial charge >= 0.3 is 0 Å². The number of alkyl halides is 1. The lowest BCUT2D eigenvalue weighted by Crippen LogP contribution is -3.00. The fraction of sp³-hybridized carbons (Fsp3) is 1.00. The summed E-state index contributed by atoms with van der Waals surface area (Å²) in [7, 11) is 2.30. The number of likely N-dealkylation sites (tertiary alicyclic amines) is 1. The topological polar surface area (TPSA) is 0 Å². The SMILES string of the molecule is C[N+]1(CCCl)CCCC1.[Br-]. The second kappa shape index (κ2) is 4.58. The molecule has 0 aromatic carbocycles. The summed E-state index contributed by atoms with van der Waals surface area (Å²) in [6, 6.07) is 0. The van der Waals surface area contributed by atoms with Crippen molar-refractivity contribution in [2.45, 2.75) is 12.8 Å². The van der Waals surface area contributed by atoms with Gasteiger partial charge < -0.3 is 21.5 Å². The van der Waals surface area contributed by atoms with Crippen molar-refractivity contribution in [1.82, 2.24) is 0 Å². The summed E-state index contributed by atoms with van der Waals surface area (Å²) in [6.07, 6.45) is 2.79. The maximum absolute atomic E-state index is 5.66. The number of hydrogen-bond acceptors (Lipinski definition) is 0. The number of rotatable bonds is 2. The lowest BCUT2D eigenvalue weighted by Gasteiger charge is -2.27. The number of halogens is 2. The molecule has 10 heavy (non-hydrogen) atoms.